The maximum absolute atomic E-state index is 10.1. The SMILES string of the molecule is C1COCCO1.CCCCCC(=O)Cl. The summed E-state index contributed by atoms with van der Waals surface area (Å²) in [5.74, 6) is 0. The highest BCUT2D eigenvalue weighted by Gasteiger charge is 1.94. The van der Waals surface area contributed by atoms with Gasteiger partial charge >= 0.3 is 0 Å². The van der Waals surface area contributed by atoms with Crippen LogP contribution in [0.4, 0.5) is 0 Å². The third-order valence-corrected chi connectivity index (χ3v) is 1.91. The number of unbranched alkanes of at least 4 members (excludes halogenated alkanes) is 2. The van der Waals surface area contributed by atoms with Crippen LogP contribution in [0.3, 0.4) is 0 Å². The molecule has 1 heterocycles. The first-order chi connectivity index (χ1) is 6.77. The lowest BCUT2D eigenvalue weighted by molar-refractivity contribution is -0.111. The van der Waals surface area contributed by atoms with Gasteiger partial charge in [0.2, 0.25) is 5.24 Å². The molecule has 1 fully saturated rings. The fraction of sp³-hybridized carbons (Fsp3) is 0.900. The van der Waals surface area contributed by atoms with Crippen LogP contribution in [0.25, 0.3) is 0 Å². The Labute approximate surface area is 90.7 Å². The molecule has 0 aromatic rings. The third-order valence-electron chi connectivity index (χ3n) is 1.72. The van der Waals surface area contributed by atoms with Gasteiger partial charge in [-0.2, -0.15) is 0 Å². The minimum atomic E-state index is -0.210. The fourth-order valence-corrected chi connectivity index (χ4v) is 1.09. The van der Waals surface area contributed by atoms with E-state index in [9.17, 15) is 4.79 Å². The highest BCUT2D eigenvalue weighted by atomic mass is 35.5. The van der Waals surface area contributed by atoms with Crippen molar-refractivity contribution < 1.29 is 14.3 Å². The van der Waals surface area contributed by atoms with Crippen LogP contribution in [0.2, 0.25) is 0 Å². The van der Waals surface area contributed by atoms with E-state index in [0.29, 0.717) is 6.42 Å². The predicted octanol–water partition coefficient (Wildman–Crippen LogP) is 2.37. The highest BCUT2D eigenvalue weighted by molar-refractivity contribution is 6.63. The van der Waals surface area contributed by atoms with E-state index in [1.165, 1.54) is 0 Å². The molecule has 0 aliphatic carbocycles. The standard InChI is InChI=1S/C6H11ClO.C4H8O2/c1-2-3-4-5-6(7)8;1-2-6-4-3-5-1/h2-5H2,1H3;1-4H2. The Kier molecular flexibility index (Phi) is 10.9. The first-order valence-electron chi connectivity index (χ1n) is 5.11. The molecular formula is C10H19ClO3. The summed E-state index contributed by atoms with van der Waals surface area (Å²) in [6, 6.07) is 0. The topological polar surface area (TPSA) is 35.5 Å². The summed E-state index contributed by atoms with van der Waals surface area (Å²) < 4.78 is 9.89. The van der Waals surface area contributed by atoms with Crippen molar-refractivity contribution >= 4 is 16.8 Å². The molecule has 0 atom stereocenters. The van der Waals surface area contributed by atoms with Gasteiger partial charge < -0.3 is 9.47 Å². The summed E-state index contributed by atoms with van der Waals surface area (Å²) in [5, 5.41) is -0.210. The van der Waals surface area contributed by atoms with Crippen LogP contribution in [-0.4, -0.2) is 31.7 Å². The average molecular weight is 223 g/mol. The molecule has 1 aliphatic heterocycles. The van der Waals surface area contributed by atoms with Gasteiger partial charge in [-0.3, -0.25) is 4.79 Å². The van der Waals surface area contributed by atoms with E-state index >= 15 is 0 Å². The lowest BCUT2D eigenvalue weighted by Crippen LogP contribution is -2.16. The maximum atomic E-state index is 10.1. The van der Waals surface area contributed by atoms with Gasteiger partial charge in [0.05, 0.1) is 26.4 Å². The van der Waals surface area contributed by atoms with E-state index in [4.69, 9.17) is 21.1 Å². The molecule has 0 radical (unpaired) electrons. The summed E-state index contributed by atoms with van der Waals surface area (Å²) in [6.07, 6.45) is 3.73. The molecule has 3 nitrogen and oxygen atoms in total. The van der Waals surface area contributed by atoms with Gasteiger partial charge in [-0.05, 0) is 18.0 Å². The minimum Gasteiger partial charge on any atom is -0.377 e. The van der Waals surface area contributed by atoms with Gasteiger partial charge in [0.25, 0.3) is 0 Å². The van der Waals surface area contributed by atoms with Crippen LogP contribution in [0, 0.1) is 0 Å². The Morgan fingerprint density at radius 2 is 1.64 bits per heavy atom. The average Bonchev–Trinajstić information content (AvgIpc) is 2.21. The predicted molar refractivity (Wildman–Crippen MR) is 56.6 cm³/mol. The summed E-state index contributed by atoms with van der Waals surface area (Å²) in [7, 11) is 0. The molecule has 0 saturated carbocycles. The zero-order chi connectivity index (χ0) is 10.6. The van der Waals surface area contributed by atoms with Crippen LogP contribution < -0.4 is 0 Å². The number of ether oxygens (including phenoxy) is 2. The second-order valence-corrected chi connectivity index (χ2v) is 3.46. The number of hydrogen-bond donors (Lipinski definition) is 0. The van der Waals surface area contributed by atoms with Crippen LogP contribution in [0.15, 0.2) is 0 Å². The van der Waals surface area contributed by atoms with Crippen molar-refractivity contribution in [3.63, 3.8) is 0 Å². The molecule has 1 aliphatic rings. The minimum absolute atomic E-state index is 0.210. The lowest BCUT2D eigenvalue weighted by Gasteiger charge is -2.09. The van der Waals surface area contributed by atoms with E-state index < -0.39 is 0 Å². The molecule has 0 spiro atoms. The summed E-state index contributed by atoms with van der Waals surface area (Å²) in [4.78, 5) is 10.1. The van der Waals surface area contributed by atoms with E-state index in [2.05, 4.69) is 6.92 Å². The largest absolute Gasteiger partial charge is 0.377 e. The van der Waals surface area contributed by atoms with Gasteiger partial charge in [0.15, 0.2) is 0 Å². The Morgan fingerprint density at radius 1 is 1.14 bits per heavy atom. The number of rotatable bonds is 4. The van der Waals surface area contributed by atoms with Gasteiger partial charge in [-0.1, -0.05) is 19.8 Å². The first-order valence-corrected chi connectivity index (χ1v) is 5.49. The van der Waals surface area contributed by atoms with Crippen molar-refractivity contribution in [2.75, 3.05) is 26.4 Å². The molecule has 14 heavy (non-hydrogen) atoms. The monoisotopic (exact) mass is 222 g/mol. The van der Waals surface area contributed by atoms with E-state index in [1.807, 2.05) is 0 Å². The molecule has 0 N–H and O–H groups in total. The van der Waals surface area contributed by atoms with Gasteiger partial charge in [-0.15, -0.1) is 0 Å². The van der Waals surface area contributed by atoms with Gasteiger partial charge in [0, 0.05) is 6.42 Å². The Balaban J connectivity index is 0.000000249. The van der Waals surface area contributed by atoms with Gasteiger partial charge in [-0.25, -0.2) is 0 Å². The van der Waals surface area contributed by atoms with Crippen LogP contribution in [0.1, 0.15) is 32.6 Å². The van der Waals surface area contributed by atoms with E-state index in [0.717, 1.165) is 45.7 Å². The van der Waals surface area contributed by atoms with Crippen LogP contribution >= 0.6 is 11.6 Å². The zero-order valence-electron chi connectivity index (χ0n) is 8.76. The summed E-state index contributed by atoms with van der Waals surface area (Å²) >= 11 is 5.07. The quantitative estimate of drug-likeness (QED) is 0.541. The van der Waals surface area contributed by atoms with Crippen LogP contribution in [-0.2, 0) is 14.3 Å². The van der Waals surface area contributed by atoms with Crippen molar-refractivity contribution in [1.82, 2.24) is 0 Å². The second-order valence-electron chi connectivity index (χ2n) is 3.04. The third kappa shape index (κ3) is 11.9. The molecule has 0 amide bonds. The lowest BCUT2D eigenvalue weighted by atomic mass is 10.2. The first kappa shape index (κ1) is 13.9. The Bertz CT molecular complexity index is 124. The molecule has 4 heteroatoms. The maximum Gasteiger partial charge on any atom is 0.221 e. The molecule has 0 aromatic carbocycles. The molecule has 1 saturated heterocycles. The van der Waals surface area contributed by atoms with Gasteiger partial charge in [0.1, 0.15) is 0 Å². The molecular weight excluding hydrogens is 204 g/mol. The fourth-order valence-electron chi connectivity index (χ4n) is 0.954. The number of carbonyl (C=O) groups is 1. The van der Waals surface area contributed by atoms with E-state index in [-0.39, 0.29) is 5.24 Å². The van der Waals surface area contributed by atoms with Crippen molar-refractivity contribution in [3.8, 4) is 0 Å². The Morgan fingerprint density at radius 3 is 1.93 bits per heavy atom. The normalized spacial score (nSPS) is 15.6. The number of halogens is 1. The molecule has 0 aromatic heterocycles. The molecule has 84 valence electrons. The summed E-state index contributed by atoms with van der Waals surface area (Å²) in [6.45, 7) is 5.21. The van der Waals surface area contributed by atoms with Crippen molar-refractivity contribution in [1.29, 1.82) is 0 Å². The zero-order valence-corrected chi connectivity index (χ0v) is 9.52. The number of hydrogen-bond acceptors (Lipinski definition) is 3. The smallest absolute Gasteiger partial charge is 0.221 e. The summed E-state index contributed by atoms with van der Waals surface area (Å²) in [5.41, 5.74) is 0. The molecule has 0 bridgehead atoms. The van der Waals surface area contributed by atoms with Crippen molar-refractivity contribution in [3.05, 3.63) is 0 Å². The van der Waals surface area contributed by atoms with E-state index in [1.54, 1.807) is 0 Å². The second kappa shape index (κ2) is 11.0. The van der Waals surface area contributed by atoms with Crippen molar-refractivity contribution in [2.24, 2.45) is 0 Å². The number of carbonyl (C=O) groups excluding carboxylic acids is 1. The molecule has 0 unspecified atom stereocenters. The molecule has 1 rings (SSSR count). The Hall–Kier alpha value is -0.120. The van der Waals surface area contributed by atoms with Crippen LogP contribution in [0.5, 0.6) is 0 Å². The van der Waals surface area contributed by atoms with Crippen molar-refractivity contribution in [2.45, 2.75) is 32.6 Å². The highest BCUT2D eigenvalue weighted by Crippen LogP contribution is 2.00.